The van der Waals surface area contributed by atoms with Crippen LogP contribution in [0.1, 0.15) is 44.6 Å². The Labute approximate surface area is 129 Å². The van der Waals surface area contributed by atoms with E-state index in [1.807, 2.05) is 19.1 Å². The third-order valence-electron chi connectivity index (χ3n) is 4.20. The number of carbonyl (C=O) groups excluding carboxylic acids is 1. The summed E-state index contributed by atoms with van der Waals surface area (Å²) in [6.45, 7) is 1.90. The van der Waals surface area contributed by atoms with E-state index < -0.39 is 17.4 Å². The van der Waals surface area contributed by atoms with Crippen molar-refractivity contribution in [3.05, 3.63) is 34.9 Å². The second kappa shape index (κ2) is 6.48. The summed E-state index contributed by atoms with van der Waals surface area (Å²) in [5, 5.41) is 12.5. The maximum absolute atomic E-state index is 12.6. The number of benzene rings is 1. The number of amides is 1. The van der Waals surface area contributed by atoms with Crippen LogP contribution >= 0.6 is 11.6 Å². The molecule has 0 saturated heterocycles. The van der Waals surface area contributed by atoms with Gasteiger partial charge >= 0.3 is 5.97 Å². The lowest BCUT2D eigenvalue weighted by molar-refractivity contribution is -0.143. The Balaban J connectivity index is 2.20. The van der Waals surface area contributed by atoms with Gasteiger partial charge in [-0.2, -0.15) is 0 Å². The molecule has 0 unspecified atom stereocenters. The van der Waals surface area contributed by atoms with Gasteiger partial charge in [0.05, 0.1) is 5.41 Å². The van der Waals surface area contributed by atoms with Crippen LogP contribution in [-0.2, 0) is 15.0 Å². The molecule has 1 saturated carbocycles. The normalized spacial score (nSPS) is 17.6. The summed E-state index contributed by atoms with van der Waals surface area (Å²) in [5.41, 5.74) is 0.256. The molecule has 1 amide bonds. The number of carbonyl (C=O) groups is 2. The molecule has 1 aromatic rings. The van der Waals surface area contributed by atoms with Gasteiger partial charge in [0.2, 0.25) is 5.91 Å². The molecule has 21 heavy (non-hydrogen) atoms. The van der Waals surface area contributed by atoms with E-state index in [1.54, 1.807) is 12.1 Å². The Morgan fingerprint density at radius 1 is 1.43 bits per heavy atom. The van der Waals surface area contributed by atoms with Crippen LogP contribution in [0.5, 0.6) is 0 Å². The van der Waals surface area contributed by atoms with E-state index in [2.05, 4.69) is 5.32 Å². The average molecular weight is 310 g/mol. The number of aliphatic carboxylic acids is 1. The van der Waals surface area contributed by atoms with E-state index in [-0.39, 0.29) is 5.91 Å². The summed E-state index contributed by atoms with van der Waals surface area (Å²) in [4.78, 5) is 23.8. The highest BCUT2D eigenvalue weighted by Crippen LogP contribution is 2.44. The second-order valence-electron chi connectivity index (χ2n) is 5.60. The van der Waals surface area contributed by atoms with Crippen LogP contribution in [0.25, 0.3) is 0 Å². The van der Waals surface area contributed by atoms with Gasteiger partial charge in [-0.15, -0.1) is 0 Å². The molecule has 1 aromatic carbocycles. The number of halogens is 1. The third-order valence-corrected chi connectivity index (χ3v) is 4.43. The predicted molar refractivity (Wildman–Crippen MR) is 81.5 cm³/mol. The first kappa shape index (κ1) is 15.8. The van der Waals surface area contributed by atoms with Gasteiger partial charge in [0.1, 0.15) is 6.04 Å². The average Bonchev–Trinajstić information content (AvgIpc) is 2.37. The largest absolute Gasteiger partial charge is 0.480 e. The van der Waals surface area contributed by atoms with Crippen LogP contribution in [0.2, 0.25) is 5.02 Å². The molecule has 0 bridgehead atoms. The minimum absolute atomic E-state index is 0.197. The molecule has 4 nitrogen and oxygen atoms in total. The fourth-order valence-electron chi connectivity index (χ4n) is 2.81. The highest BCUT2D eigenvalue weighted by molar-refractivity contribution is 6.30. The Bertz CT molecular complexity index is 540. The molecule has 1 fully saturated rings. The van der Waals surface area contributed by atoms with Crippen LogP contribution < -0.4 is 5.32 Å². The lowest BCUT2D eigenvalue weighted by Crippen LogP contribution is -2.53. The molecular weight excluding hydrogens is 290 g/mol. The van der Waals surface area contributed by atoms with Crippen molar-refractivity contribution in [1.82, 2.24) is 5.32 Å². The molecule has 0 aromatic heterocycles. The Morgan fingerprint density at radius 3 is 2.62 bits per heavy atom. The molecule has 1 atom stereocenters. The minimum Gasteiger partial charge on any atom is -0.480 e. The summed E-state index contributed by atoms with van der Waals surface area (Å²) in [6.07, 6.45) is 3.58. The van der Waals surface area contributed by atoms with Crippen molar-refractivity contribution in [2.24, 2.45) is 0 Å². The maximum atomic E-state index is 12.6. The molecule has 2 rings (SSSR count). The number of hydrogen-bond donors (Lipinski definition) is 2. The van der Waals surface area contributed by atoms with Crippen LogP contribution in [0.15, 0.2) is 24.3 Å². The highest BCUT2D eigenvalue weighted by atomic mass is 35.5. The number of nitrogens with one attached hydrogen (secondary N) is 1. The Morgan fingerprint density at radius 2 is 2.14 bits per heavy atom. The quantitative estimate of drug-likeness (QED) is 0.848. The summed E-state index contributed by atoms with van der Waals surface area (Å²) in [7, 11) is 0. The summed E-state index contributed by atoms with van der Waals surface area (Å²) in [6, 6.07) is 6.47. The van der Waals surface area contributed by atoms with Crippen molar-refractivity contribution in [3.8, 4) is 0 Å². The number of rotatable bonds is 6. The fraction of sp³-hybridized carbons (Fsp3) is 0.500. The number of carboxylic acid groups (broad SMARTS) is 1. The van der Waals surface area contributed by atoms with Crippen molar-refractivity contribution < 1.29 is 14.7 Å². The van der Waals surface area contributed by atoms with Crippen molar-refractivity contribution in [3.63, 3.8) is 0 Å². The predicted octanol–water partition coefficient (Wildman–Crippen LogP) is 3.13. The van der Waals surface area contributed by atoms with Crippen molar-refractivity contribution in [2.75, 3.05) is 0 Å². The topological polar surface area (TPSA) is 66.4 Å². The van der Waals surface area contributed by atoms with E-state index in [1.165, 1.54) is 0 Å². The zero-order valence-corrected chi connectivity index (χ0v) is 12.8. The first-order valence-electron chi connectivity index (χ1n) is 7.29. The number of carboxylic acids is 1. The van der Waals surface area contributed by atoms with Crippen LogP contribution in [0.3, 0.4) is 0 Å². The molecule has 0 aliphatic heterocycles. The first-order valence-corrected chi connectivity index (χ1v) is 7.67. The zero-order valence-electron chi connectivity index (χ0n) is 12.1. The number of hydrogen-bond acceptors (Lipinski definition) is 2. The summed E-state index contributed by atoms with van der Waals surface area (Å²) in [5.74, 6) is -1.18. The van der Waals surface area contributed by atoms with Crippen LogP contribution in [0.4, 0.5) is 0 Å². The molecular formula is C16H20ClNO3. The van der Waals surface area contributed by atoms with E-state index in [4.69, 9.17) is 11.6 Å². The van der Waals surface area contributed by atoms with Gasteiger partial charge in [0.15, 0.2) is 0 Å². The van der Waals surface area contributed by atoms with Gasteiger partial charge < -0.3 is 10.4 Å². The summed E-state index contributed by atoms with van der Waals surface area (Å²) >= 11 is 6.02. The van der Waals surface area contributed by atoms with Crippen molar-refractivity contribution >= 4 is 23.5 Å². The molecule has 0 heterocycles. The Kier molecular flexibility index (Phi) is 4.88. The van der Waals surface area contributed by atoms with E-state index in [9.17, 15) is 14.7 Å². The molecule has 0 spiro atoms. The molecule has 5 heteroatoms. The standard InChI is InChI=1S/C16H20ClNO3/c1-2-5-13(14(19)20)18-15(21)16(8-4-9-16)11-6-3-7-12(17)10-11/h3,6-7,10,13H,2,4-5,8-9H2,1H3,(H,18,21)(H,19,20)/t13-/m0/s1. The monoisotopic (exact) mass is 309 g/mol. The van der Waals surface area contributed by atoms with E-state index >= 15 is 0 Å². The molecule has 1 aliphatic rings. The van der Waals surface area contributed by atoms with Gasteiger partial charge in [-0.05, 0) is 37.0 Å². The smallest absolute Gasteiger partial charge is 0.326 e. The van der Waals surface area contributed by atoms with Crippen molar-refractivity contribution in [2.45, 2.75) is 50.5 Å². The van der Waals surface area contributed by atoms with E-state index in [0.29, 0.717) is 17.9 Å². The molecule has 114 valence electrons. The lowest BCUT2D eigenvalue weighted by Gasteiger charge is -2.41. The lowest BCUT2D eigenvalue weighted by atomic mass is 9.63. The molecule has 0 radical (unpaired) electrons. The maximum Gasteiger partial charge on any atom is 0.326 e. The van der Waals surface area contributed by atoms with Gasteiger partial charge in [-0.25, -0.2) is 4.79 Å². The van der Waals surface area contributed by atoms with Gasteiger partial charge in [0.25, 0.3) is 0 Å². The van der Waals surface area contributed by atoms with Crippen LogP contribution in [0, 0.1) is 0 Å². The molecule has 1 aliphatic carbocycles. The SMILES string of the molecule is CCC[C@H](NC(=O)C1(c2cccc(Cl)c2)CCC1)C(=O)O. The minimum atomic E-state index is -0.981. The second-order valence-corrected chi connectivity index (χ2v) is 6.04. The van der Waals surface area contributed by atoms with Crippen LogP contribution in [-0.4, -0.2) is 23.0 Å². The molecule has 2 N–H and O–H groups in total. The van der Waals surface area contributed by atoms with Crippen molar-refractivity contribution in [1.29, 1.82) is 0 Å². The first-order chi connectivity index (χ1) is 9.99. The highest BCUT2D eigenvalue weighted by Gasteiger charge is 2.46. The third kappa shape index (κ3) is 3.21. The fourth-order valence-corrected chi connectivity index (χ4v) is 3.00. The van der Waals surface area contributed by atoms with E-state index in [0.717, 1.165) is 24.8 Å². The Hall–Kier alpha value is -1.55. The van der Waals surface area contributed by atoms with Gasteiger partial charge in [-0.3, -0.25) is 4.79 Å². The van der Waals surface area contributed by atoms with Gasteiger partial charge in [0, 0.05) is 5.02 Å². The van der Waals surface area contributed by atoms with Gasteiger partial charge in [-0.1, -0.05) is 43.5 Å². The zero-order chi connectivity index (χ0) is 15.5. The summed E-state index contributed by atoms with van der Waals surface area (Å²) < 4.78 is 0.